The van der Waals surface area contributed by atoms with Crippen LogP contribution in [0.25, 0.3) is 0 Å². The molecule has 0 spiro atoms. The van der Waals surface area contributed by atoms with E-state index in [0.29, 0.717) is 46.1 Å². The Bertz CT molecular complexity index is 1800. The highest BCUT2D eigenvalue weighted by Gasteiger charge is 2.49. The highest BCUT2D eigenvalue weighted by Crippen LogP contribution is 2.49. The second-order valence-corrected chi connectivity index (χ2v) is 12.0. The van der Waals surface area contributed by atoms with Gasteiger partial charge in [0.15, 0.2) is 0 Å². The number of nitrogens with one attached hydrogen (secondary N) is 1. The van der Waals surface area contributed by atoms with Gasteiger partial charge in [-0.05, 0) is 74.1 Å². The number of allylic oxidation sites excluding steroid dienone is 10. The minimum atomic E-state index is -1.08. The topological polar surface area (TPSA) is 142 Å². The van der Waals surface area contributed by atoms with Crippen LogP contribution in [0.15, 0.2) is 106 Å². The van der Waals surface area contributed by atoms with Crippen LogP contribution in [-0.4, -0.2) is 60.1 Å². The molecule has 1 aliphatic carbocycles. The number of nitrogens with zero attached hydrogens (tertiary/aromatic N) is 3. The number of hydrogen-bond donors (Lipinski definition) is 3. The SMILES string of the molecule is CCC1=C(C)C2=NC1=CC1=C(C)C3=C(O)[C@H](C(=O)OC)C(=C4NC(=CC5=NC(=C2)C(CO)=C5C)[C@@H](C)[C@@H]4CCC(=O)OC)C3=N1. The van der Waals surface area contributed by atoms with Gasteiger partial charge in [-0.3, -0.25) is 9.59 Å². The van der Waals surface area contributed by atoms with Gasteiger partial charge in [0.25, 0.3) is 0 Å². The Kier molecular flexibility index (Phi) is 7.72. The summed E-state index contributed by atoms with van der Waals surface area (Å²) in [6.45, 7) is 9.82. The number of hydrogen-bond acceptors (Lipinski definition) is 10. The highest BCUT2D eigenvalue weighted by molar-refractivity contribution is 6.24. The highest BCUT2D eigenvalue weighted by atomic mass is 16.5. The zero-order valence-corrected chi connectivity index (χ0v) is 26.7. The first-order valence-corrected chi connectivity index (χ1v) is 15.3. The summed E-state index contributed by atoms with van der Waals surface area (Å²) < 4.78 is 10.1. The largest absolute Gasteiger partial charge is 0.510 e. The van der Waals surface area contributed by atoms with E-state index in [1.165, 1.54) is 14.2 Å². The summed E-state index contributed by atoms with van der Waals surface area (Å²) in [4.78, 5) is 40.5. The Morgan fingerprint density at radius 1 is 0.933 bits per heavy atom. The third-order valence-electron chi connectivity index (χ3n) is 9.78. The van der Waals surface area contributed by atoms with Crippen LogP contribution in [0.2, 0.25) is 0 Å². The molecule has 45 heavy (non-hydrogen) atoms. The summed E-state index contributed by atoms with van der Waals surface area (Å²) in [5.41, 5.74) is 11.1. The van der Waals surface area contributed by atoms with Crippen molar-refractivity contribution in [2.75, 3.05) is 20.8 Å². The number of carbonyl (C=O) groups excluding carboxylic acids is 2. The number of aliphatic hydroxyl groups excluding tert-OH is 2. The van der Waals surface area contributed by atoms with Gasteiger partial charge >= 0.3 is 11.9 Å². The Morgan fingerprint density at radius 3 is 2.24 bits per heavy atom. The Balaban J connectivity index is 1.65. The molecular weight excluding hydrogens is 572 g/mol. The molecule has 1 saturated heterocycles. The maximum Gasteiger partial charge on any atom is 0.321 e. The van der Waals surface area contributed by atoms with E-state index in [4.69, 9.17) is 24.5 Å². The van der Waals surface area contributed by atoms with Gasteiger partial charge in [0.05, 0.1) is 55.1 Å². The van der Waals surface area contributed by atoms with E-state index in [9.17, 15) is 19.8 Å². The lowest BCUT2D eigenvalue weighted by molar-refractivity contribution is -0.143. The van der Waals surface area contributed by atoms with Crippen LogP contribution in [0.1, 0.15) is 53.9 Å². The zero-order chi connectivity index (χ0) is 32.3. The van der Waals surface area contributed by atoms with Gasteiger partial charge in [0, 0.05) is 46.4 Å². The molecule has 0 aromatic heterocycles. The number of aliphatic imine (C=N–C) groups is 3. The fraction of sp³-hybridized carbons (Fsp3) is 0.400. The van der Waals surface area contributed by atoms with Crippen molar-refractivity contribution < 1.29 is 29.3 Å². The van der Waals surface area contributed by atoms with Crippen LogP contribution in [-0.2, 0) is 19.1 Å². The maximum absolute atomic E-state index is 13.3. The minimum absolute atomic E-state index is 0.106. The Hall–Kier alpha value is -4.57. The molecule has 10 nitrogen and oxygen atoms in total. The van der Waals surface area contributed by atoms with E-state index in [1.54, 1.807) is 0 Å². The summed E-state index contributed by atoms with van der Waals surface area (Å²) in [7, 11) is 2.66. The molecule has 3 atom stereocenters. The predicted molar refractivity (Wildman–Crippen MR) is 171 cm³/mol. The number of rotatable bonds is 6. The first-order valence-electron chi connectivity index (χ1n) is 15.3. The van der Waals surface area contributed by atoms with Crippen molar-refractivity contribution in [3.63, 3.8) is 0 Å². The molecular formula is C35H38N4O6. The van der Waals surface area contributed by atoms with Crippen LogP contribution in [0.5, 0.6) is 0 Å². The molecule has 0 radical (unpaired) electrons. The average Bonchev–Trinajstić information content (AvgIpc) is 3.76. The summed E-state index contributed by atoms with van der Waals surface area (Å²) in [6.07, 6.45) is 7.17. The second kappa shape index (κ2) is 11.4. The molecule has 1 fully saturated rings. The standard InChI is InChI=1S/C35H38N4O6/c1-8-19-15(2)23-12-27-21(14-40)17(4)22(37-27)11-24-16(3)20(9-10-28(41)44-6)32(38-24)30-31(35(43)45-7)34(42)29-18(5)25(39-33(29)30)13-26(19)36-23/h11-13,16,20,31,38,40,42H,8-10,14H2,1-7H3/t16-,20-,31+/m0/s1. The van der Waals surface area contributed by atoms with Crippen molar-refractivity contribution in [1.29, 1.82) is 0 Å². The first kappa shape index (κ1) is 30.5. The fourth-order valence-electron chi connectivity index (χ4n) is 7.12. The molecule has 234 valence electrons. The van der Waals surface area contributed by atoms with Crippen LogP contribution in [0.3, 0.4) is 0 Å². The van der Waals surface area contributed by atoms with Crippen LogP contribution < -0.4 is 5.32 Å². The molecule has 3 N–H and O–H groups in total. The Morgan fingerprint density at radius 2 is 1.60 bits per heavy atom. The molecule has 5 aliphatic heterocycles. The summed E-state index contributed by atoms with van der Waals surface area (Å²) in [5, 5.41) is 25.6. The molecule has 6 rings (SSSR count). The lowest BCUT2D eigenvalue weighted by Gasteiger charge is -2.20. The predicted octanol–water partition coefficient (Wildman–Crippen LogP) is 5.00. The van der Waals surface area contributed by atoms with E-state index in [-0.39, 0.29) is 36.6 Å². The summed E-state index contributed by atoms with van der Waals surface area (Å²) in [5.74, 6) is -2.47. The van der Waals surface area contributed by atoms with Crippen molar-refractivity contribution in [2.45, 2.75) is 53.9 Å². The lowest BCUT2D eigenvalue weighted by atomic mass is 9.84. The molecule has 10 heteroatoms. The van der Waals surface area contributed by atoms with Crippen molar-refractivity contribution >= 4 is 29.1 Å². The van der Waals surface area contributed by atoms with Crippen LogP contribution in [0.4, 0.5) is 0 Å². The number of fused-ring (bicyclic) bond motifs is 5. The van der Waals surface area contributed by atoms with Gasteiger partial charge in [-0.25, -0.2) is 15.0 Å². The maximum atomic E-state index is 13.3. The minimum Gasteiger partial charge on any atom is -0.510 e. The van der Waals surface area contributed by atoms with Crippen molar-refractivity contribution in [3.05, 3.63) is 91.5 Å². The zero-order valence-electron chi connectivity index (χ0n) is 26.7. The molecule has 5 heterocycles. The lowest BCUT2D eigenvalue weighted by Crippen LogP contribution is -2.25. The smallest absolute Gasteiger partial charge is 0.321 e. The average molecular weight is 611 g/mol. The summed E-state index contributed by atoms with van der Waals surface area (Å²) in [6, 6.07) is 0. The summed E-state index contributed by atoms with van der Waals surface area (Å²) >= 11 is 0. The molecule has 8 bridgehead atoms. The van der Waals surface area contributed by atoms with Crippen molar-refractivity contribution in [1.82, 2.24) is 5.32 Å². The monoisotopic (exact) mass is 610 g/mol. The molecule has 0 amide bonds. The van der Waals surface area contributed by atoms with E-state index in [2.05, 4.69) is 19.2 Å². The third-order valence-corrected chi connectivity index (χ3v) is 9.78. The van der Waals surface area contributed by atoms with E-state index >= 15 is 0 Å². The molecule has 0 aromatic rings. The van der Waals surface area contributed by atoms with Gasteiger partial charge < -0.3 is 25.0 Å². The van der Waals surface area contributed by atoms with E-state index in [1.807, 2.05) is 39.0 Å². The quantitative estimate of drug-likeness (QED) is 0.359. The third kappa shape index (κ3) is 4.70. The van der Waals surface area contributed by atoms with E-state index in [0.717, 1.165) is 51.4 Å². The molecule has 0 unspecified atom stereocenters. The molecule has 0 saturated carbocycles. The number of ether oxygens (including phenoxy) is 2. The second-order valence-electron chi connectivity index (χ2n) is 12.0. The normalized spacial score (nSPS) is 25.4. The van der Waals surface area contributed by atoms with Crippen LogP contribution >= 0.6 is 0 Å². The van der Waals surface area contributed by atoms with Crippen molar-refractivity contribution in [2.24, 2.45) is 32.7 Å². The van der Waals surface area contributed by atoms with Gasteiger partial charge in [-0.15, -0.1) is 0 Å². The number of aliphatic hydroxyl groups is 2. The van der Waals surface area contributed by atoms with Gasteiger partial charge in [-0.2, -0.15) is 0 Å². The molecule has 6 aliphatic rings. The van der Waals surface area contributed by atoms with Gasteiger partial charge in [-0.1, -0.05) is 13.8 Å². The van der Waals surface area contributed by atoms with E-state index < -0.39 is 11.9 Å². The number of methoxy groups -OCH3 is 2. The van der Waals surface area contributed by atoms with Crippen LogP contribution in [0, 0.1) is 17.8 Å². The number of esters is 2. The number of carbonyl (C=O) groups is 2. The Labute approximate surface area is 262 Å². The van der Waals surface area contributed by atoms with Gasteiger partial charge in [0.2, 0.25) is 0 Å². The van der Waals surface area contributed by atoms with Gasteiger partial charge in [0.1, 0.15) is 11.7 Å². The fourth-order valence-corrected chi connectivity index (χ4v) is 7.12. The van der Waals surface area contributed by atoms with Crippen molar-refractivity contribution in [3.8, 4) is 0 Å². The molecule has 0 aromatic carbocycles. The first-order chi connectivity index (χ1) is 21.5.